The molecule has 0 aliphatic rings. The summed E-state index contributed by atoms with van der Waals surface area (Å²) in [5.74, 6) is 0. The zero-order valence-corrected chi connectivity index (χ0v) is 13.7. The van der Waals surface area contributed by atoms with Crippen LogP contribution in [0.4, 0.5) is 0 Å². The molecule has 24 heavy (non-hydrogen) atoms. The van der Waals surface area contributed by atoms with Crippen molar-refractivity contribution in [2.45, 2.75) is 0 Å². The summed E-state index contributed by atoms with van der Waals surface area (Å²) in [6.45, 7) is 4.61. The average Bonchev–Trinajstić information content (AvgIpc) is 2.57. The molecular formula is C14H32CaO9. The normalized spacial score (nSPS) is 10.8. The first kappa shape index (κ1) is 27.1. The third kappa shape index (κ3) is 25.1. The van der Waals surface area contributed by atoms with Crippen molar-refractivity contribution in [2.75, 3.05) is 92.9 Å². The second-order valence-electron chi connectivity index (χ2n) is 4.15. The van der Waals surface area contributed by atoms with Crippen LogP contribution in [0.25, 0.3) is 0 Å². The Morgan fingerprint density at radius 1 is 0.375 bits per heavy atom. The van der Waals surface area contributed by atoms with Crippen molar-refractivity contribution >= 4 is 37.7 Å². The van der Waals surface area contributed by atoms with Gasteiger partial charge in [-0.15, -0.1) is 0 Å². The Morgan fingerprint density at radius 2 is 0.667 bits per heavy atom. The molecule has 0 atom stereocenters. The first-order valence-corrected chi connectivity index (χ1v) is 7.67. The van der Waals surface area contributed by atoms with Gasteiger partial charge in [0.15, 0.2) is 0 Å². The maximum atomic E-state index is 8.48. The molecule has 0 radical (unpaired) electrons. The van der Waals surface area contributed by atoms with Crippen LogP contribution in [0.5, 0.6) is 0 Å². The molecule has 0 rings (SSSR count). The Labute approximate surface area is 173 Å². The van der Waals surface area contributed by atoms with Crippen LogP contribution < -0.4 is 0 Å². The van der Waals surface area contributed by atoms with E-state index in [-0.39, 0.29) is 64.5 Å². The van der Waals surface area contributed by atoms with Crippen LogP contribution in [0, 0.1) is 0 Å². The summed E-state index contributed by atoms with van der Waals surface area (Å²) in [6.07, 6.45) is 0. The van der Waals surface area contributed by atoms with E-state index in [0.717, 1.165) is 0 Å². The first-order valence-electron chi connectivity index (χ1n) is 7.67. The van der Waals surface area contributed by atoms with Crippen LogP contribution in [0.1, 0.15) is 0 Å². The SMILES string of the molecule is OCCOCCOCCOCOCOCCOCCOCCO.[CaH2]. The molecule has 0 heterocycles. The number of aliphatic hydroxyl groups excluding tert-OH is 2. The molecule has 0 amide bonds. The molecule has 0 saturated heterocycles. The minimum atomic E-state index is 0. The Bertz CT molecular complexity index is 193. The number of rotatable bonds is 20. The quantitative estimate of drug-likeness (QED) is 0.141. The summed E-state index contributed by atoms with van der Waals surface area (Å²) in [7, 11) is 0. The summed E-state index contributed by atoms with van der Waals surface area (Å²) >= 11 is 0. The third-order valence-corrected chi connectivity index (χ3v) is 2.29. The number of ether oxygens (including phenoxy) is 7. The van der Waals surface area contributed by atoms with Gasteiger partial charge in [0.25, 0.3) is 0 Å². The van der Waals surface area contributed by atoms with E-state index in [1.54, 1.807) is 0 Å². The van der Waals surface area contributed by atoms with Crippen molar-refractivity contribution in [1.82, 2.24) is 0 Å². The molecule has 0 aliphatic carbocycles. The van der Waals surface area contributed by atoms with Crippen molar-refractivity contribution in [2.24, 2.45) is 0 Å². The molecule has 0 aromatic carbocycles. The Hall–Kier alpha value is 0.900. The van der Waals surface area contributed by atoms with E-state index in [1.807, 2.05) is 0 Å². The van der Waals surface area contributed by atoms with E-state index in [0.29, 0.717) is 66.1 Å². The van der Waals surface area contributed by atoms with E-state index in [1.165, 1.54) is 0 Å². The van der Waals surface area contributed by atoms with Crippen LogP contribution in [0.2, 0.25) is 0 Å². The molecule has 0 unspecified atom stereocenters. The van der Waals surface area contributed by atoms with E-state index in [2.05, 4.69) is 0 Å². The van der Waals surface area contributed by atoms with Crippen LogP contribution in [-0.2, 0) is 33.2 Å². The van der Waals surface area contributed by atoms with Gasteiger partial charge in [0, 0.05) is 0 Å². The van der Waals surface area contributed by atoms with Gasteiger partial charge in [-0.25, -0.2) is 0 Å². The predicted octanol–water partition coefficient (Wildman–Crippen LogP) is -1.91. The van der Waals surface area contributed by atoms with Crippen LogP contribution in [0.15, 0.2) is 0 Å². The van der Waals surface area contributed by atoms with Gasteiger partial charge < -0.3 is 43.4 Å². The van der Waals surface area contributed by atoms with Gasteiger partial charge in [-0.05, 0) is 0 Å². The topological polar surface area (TPSA) is 105 Å². The fourth-order valence-corrected chi connectivity index (χ4v) is 1.28. The maximum absolute atomic E-state index is 8.48. The molecule has 2 N–H and O–H groups in total. The van der Waals surface area contributed by atoms with E-state index in [9.17, 15) is 0 Å². The molecule has 0 aliphatic heterocycles. The van der Waals surface area contributed by atoms with E-state index >= 15 is 0 Å². The molecule has 0 aromatic heterocycles. The fraction of sp³-hybridized carbons (Fsp3) is 1.00. The van der Waals surface area contributed by atoms with Gasteiger partial charge >= 0.3 is 37.7 Å². The van der Waals surface area contributed by atoms with Gasteiger partial charge in [0.2, 0.25) is 0 Å². The van der Waals surface area contributed by atoms with Crippen LogP contribution in [0.3, 0.4) is 0 Å². The van der Waals surface area contributed by atoms with Crippen molar-refractivity contribution in [3.8, 4) is 0 Å². The third-order valence-electron chi connectivity index (χ3n) is 2.29. The molecule has 10 heteroatoms. The standard InChI is InChI=1S/C14H30O9.Ca.2H/c15-1-3-17-5-7-19-9-11-21-13-23-14-22-12-10-20-8-6-18-4-2-16;;;/h15-16H,1-14H2;;;. The average molecular weight is 384 g/mol. The van der Waals surface area contributed by atoms with Crippen LogP contribution in [-0.4, -0.2) is 141 Å². The molecule has 144 valence electrons. The Morgan fingerprint density at radius 3 is 1.00 bits per heavy atom. The van der Waals surface area contributed by atoms with E-state index < -0.39 is 0 Å². The summed E-state index contributed by atoms with van der Waals surface area (Å²) in [5, 5.41) is 17.0. The molecule has 0 saturated carbocycles. The van der Waals surface area contributed by atoms with Gasteiger partial charge in [0.05, 0.1) is 79.3 Å². The second kappa shape index (κ2) is 26.1. The van der Waals surface area contributed by atoms with Gasteiger partial charge in [-0.1, -0.05) is 0 Å². The Balaban J connectivity index is 0. The monoisotopic (exact) mass is 384 g/mol. The van der Waals surface area contributed by atoms with Crippen molar-refractivity contribution < 1.29 is 43.4 Å². The first-order chi connectivity index (χ1) is 11.4. The number of hydrogen-bond acceptors (Lipinski definition) is 9. The summed E-state index contributed by atoms with van der Waals surface area (Å²) in [6, 6.07) is 0. The zero-order chi connectivity index (χ0) is 16.8. The number of aliphatic hydroxyl groups is 2. The minimum absolute atomic E-state index is 0. The fourth-order valence-electron chi connectivity index (χ4n) is 1.28. The molecular weight excluding hydrogens is 352 g/mol. The summed E-state index contributed by atoms with van der Waals surface area (Å²) < 4.78 is 35.9. The molecule has 0 spiro atoms. The van der Waals surface area contributed by atoms with E-state index in [4.69, 9.17) is 43.4 Å². The molecule has 0 fully saturated rings. The van der Waals surface area contributed by atoms with Crippen molar-refractivity contribution in [1.29, 1.82) is 0 Å². The molecule has 0 aromatic rings. The zero-order valence-electron chi connectivity index (χ0n) is 13.7. The Kier molecular flexibility index (Phi) is 29.5. The van der Waals surface area contributed by atoms with Crippen LogP contribution >= 0.6 is 0 Å². The molecule has 0 bridgehead atoms. The summed E-state index contributed by atoms with van der Waals surface area (Å²) in [4.78, 5) is 0. The summed E-state index contributed by atoms with van der Waals surface area (Å²) in [5.41, 5.74) is 0. The predicted molar refractivity (Wildman–Crippen MR) is 88.7 cm³/mol. The van der Waals surface area contributed by atoms with Crippen molar-refractivity contribution in [3.05, 3.63) is 0 Å². The molecule has 9 nitrogen and oxygen atoms in total. The second-order valence-corrected chi connectivity index (χ2v) is 4.15. The van der Waals surface area contributed by atoms with Gasteiger partial charge in [-0.2, -0.15) is 0 Å². The van der Waals surface area contributed by atoms with Gasteiger partial charge in [0.1, 0.15) is 13.6 Å². The van der Waals surface area contributed by atoms with Crippen molar-refractivity contribution in [3.63, 3.8) is 0 Å². The van der Waals surface area contributed by atoms with Gasteiger partial charge in [-0.3, -0.25) is 0 Å². The number of hydrogen-bond donors (Lipinski definition) is 2.